The van der Waals surface area contributed by atoms with Gasteiger partial charge in [0.25, 0.3) is 0 Å². The van der Waals surface area contributed by atoms with Gasteiger partial charge in [-0.1, -0.05) is 18.2 Å². The number of carbonyl (C=O) groups is 1. The van der Waals surface area contributed by atoms with E-state index >= 15 is 0 Å². The number of tetrazole rings is 1. The molecule has 0 unspecified atom stereocenters. The zero-order valence-corrected chi connectivity index (χ0v) is 13.2. The Morgan fingerprint density at radius 2 is 1.83 bits per heavy atom. The predicted octanol–water partition coefficient (Wildman–Crippen LogP) is 1.27. The molecule has 3 rings (SSSR count). The molecule has 3 aromatic rings. The van der Waals surface area contributed by atoms with Crippen molar-refractivity contribution in [2.75, 3.05) is 0 Å². The van der Waals surface area contributed by atoms with Crippen molar-refractivity contribution in [3.05, 3.63) is 63.8 Å². The maximum atomic E-state index is 12.4. The standard InChI is InChI=1S/C16H17N5O2/c1-11-9-14(12(2)19(11)3)15(22)10-20-16(23)21(18-17-20)13-7-5-4-6-8-13/h4-9H,10H2,1-3H3. The third kappa shape index (κ3) is 2.61. The number of hydrogen-bond acceptors (Lipinski definition) is 4. The number of aromatic nitrogens is 5. The molecule has 0 aliphatic carbocycles. The molecule has 0 fully saturated rings. The first kappa shape index (κ1) is 15.0. The quantitative estimate of drug-likeness (QED) is 0.680. The van der Waals surface area contributed by atoms with E-state index in [9.17, 15) is 9.59 Å². The summed E-state index contributed by atoms with van der Waals surface area (Å²) in [6.07, 6.45) is 0. The molecule has 7 heteroatoms. The second kappa shape index (κ2) is 5.68. The van der Waals surface area contributed by atoms with Crippen LogP contribution in [0.1, 0.15) is 21.7 Å². The molecule has 0 bridgehead atoms. The predicted molar refractivity (Wildman–Crippen MR) is 84.8 cm³/mol. The third-order valence-corrected chi connectivity index (χ3v) is 4.01. The third-order valence-electron chi connectivity index (χ3n) is 4.01. The lowest BCUT2D eigenvalue weighted by molar-refractivity contribution is 0.0965. The second-order valence-corrected chi connectivity index (χ2v) is 5.43. The van der Waals surface area contributed by atoms with Gasteiger partial charge in [0.2, 0.25) is 0 Å². The van der Waals surface area contributed by atoms with E-state index in [-0.39, 0.29) is 12.3 Å². The number of hydrogen-bond donors (Lipinski definition) is 0. The molecule has 0 saturated heterocycles. The summed E-state index contributed by atoms with van der Waals surface area (Å²) in [6.45, 7) is 3.68. The van der Waals surface area contributed by atoms with Crippen molar-refractivity contribution >= 4 is 5.78 Å². The summed E-state index contributed by atoms with van der Waals surface area (Å²) in [7, 11) is 1.90. The van der Waals surface area contributed by atoms with Crippen molar-refractivity contribution in [2.45, 2.75) is 20.4 Å². The summed E-state index contributed by atoms with van der Waals surface area (Å²) < 4.78 is 4.20. The van der Waals surface area contributed by atoms with Crippen molar-refractivity contribution in [3.63, 3.8) is 0 Å². The summed E-state index contributed by atoms with van der Waals surface area (Å²) in [4.78, 5) is 24.8. The maximum absolute atomic E-state index is 12.4. The van der Waals surface area contributed by atoms with E-state index in [1.807, 2.05) is 49.7 Å². The van der Waals surface area contributed by atoms with Gasteiger partial charge in [-0.2, -0.15) is 9.36 Å². The molecule has 2 heterocycles. The molecule has 0 spiro atoms. The summed E-state index contributed by atoms with van der Waals surface area (Å²) >= 11 is 0. The number of rotatable bonds is 4. The minimum atomic E-state index is -0.435. The molecule has 0 radical (unpaired) electrons. The van der Waals surface area contributed by atoms with Crippen molar-refractivity contribution < 1.29 is 4.79 Å². The van der Waals surface area contributed by atoms with Crippen molar-refractivity contribution in [3.8, 4) is 5.69 Å². The molecule has 7 nitrogen and oxygen atoms in total. The van der Waals surface area contributed by atoms with Gasteiger partial charge < -0.3 is 4.57 Å². The molecular weight excluding hydrogens is 294 g/mol. The highest BCUT2D eigenvalue weighted by Crippen LogP contribution is 2.14. The Labute approximate surface area is 132 Å². The van der Waals surface area contributed by atoms with E-state index < -0.39 is 5.69 Å². The number of nitrogens with zero attached hydrogens (tertiary/aromatic N) is 5. The molecule has 118 valence electrons. The molecule has 0 N–H and O–H groups in total. The highest BCUT2D eigenvalue weighted by molar-refractivity contribution is 5.97. The van der Waals surface area contributed by atoms with Crippen LogP contribution in [0.5, 0.6) is 0 Å². The van der Waals surface area contributed by atoms with E-state index in [0.717, 1.165) is 16.1 Å². The van der Waals surface area contributed by atoms with Crippen LogP contribution in [0.3, 0.4) is 0 Å². The Morgan fingerprint density at radius 3 is 2.43 bits per heavy atom. The summed E-state index contributed by atoms with van der Waals surface area (Å²) in [6, 6.07) is 10.8. The number of aryl methyl sites for hydroxylation is 1. The van der Waals surface area contributed by atoms with Gasteiger partial charge in [0.15, 0.2) is 5.78 Å². The molecular formula is C16H17N5O2. The number of ketones is 1. The number of carbonyl (C=O) groups excluding carboxylic acids is 1. The van der Waals surface area contributed by atoms with E-state index in [0.29, 0.717) is 11.3 Å². The van der Waals surface area contributed by atoms with E-state index in [2.05, 4.69) is 10.4 Å². The molecule has 0 aliphatic rings. The topological polar surface area (TPSA) is 74.7 Å². The number of Topliss-reactive ketones (excluding diaryl/α,β-unsaturated/α-hetero) is 1. The highest BCUT2D eigenvalue weighted by Gasteiger charge is 2.17. The second-order valence-electron chi connectivity index (χ2n) is 5.43. The van der Waals surface area contributed by atoms with Crippen LogP contribution in [0.25, 0.3) is 5.69 Å². The Kier molecular flexibility index (Phi) is 3.69. The minimum Gasteiger partial charge on any atom is -0.351 e. The Balaban J connectivity index is 1.90. The van der Waals surface area contributed by atoms with E-state index in [1.54, 1.807) is 12.1 Å². The van der Waals surface area contributed by atoms with Gasteiger partial charge in [-0.05, 0) is 42.5 Å². The molecule has 0 aliphatic heterocycles. The van der Waals surface area contributed by atoms with Gasteiger partial charge in [0.1, 0.15) is 6.54 Å². The highest BCUT2D eigenvalue weighted by atomic mass is 16.2. The lowest BCUT2D eigenvalue weighted by Crippen LogP contribution is -2.27. The first-order chi connectivity index (χ1) is 11.0. The van der Waals surface area contributed by atoms with Gasteiger partial charge >= 0.3 is 5.69 Å². The summed E-state index contributed by atoms with van der Waals surface area (Å²) in [5, 5.41) is 7.64. The monoisotopic (exact) mass is 311 g/mol. The lowest BCUT2D eigenvalue weighted by Gasteiger charge is -2.01. The molecule has 23 heavy (non-hydrogen) atoms. The molecule has 1 aromatic carbocycles. The Hall–Kier alpha value is -2.96. The van der Waals surface area contributed by atoms with Crippen LogP contribution in [-0.2, 0) is 13.6 Å². The first-order valence-corrected chi connectivity index (χ1v) is 7.23. The summed E-state index contributed by atoms with van der Waals surface area (Å²) in [5.74, 6) is -0.159. The number of benzene rings is 1. The maximum Gasteiger partial charge on any atom is 0.368 e. The van der Waals surface area contributed by atoms with Gasteiger partial charge in [-0.15, -0.1) is 0 Å². The average Bonchev–Trinajstić information content (AvgIpc) is 3.04. The Bertz CT molecular complexity index is 918. The first-order valence-electron chi connectivity index (χ1n) is 7.23. The lowest BCUT2D eigenvalue weighted by atomic mass is 10.1. The van der Waals surface area contributed by atoms with Gasteiger partial charge in [-0.25, -0.2) is 4.79 Å². The fraction of sp³-hybridized carbons (Fsp3) is 0.250. The fourth-order valence-corrected chi connectivity index (χ4v) is 2.46. The SMILES string of the molecule is Cc1cc(C(=O)Cn2nnn(-c3ccccc3)c2=O)c(C)n1C. The van der Waals surface area contributed by atoms with Gasteiger partial charge in [0, 0.05) is 24.0 Å². The van der Waals surface area contributed by atoms with E-state index in [4.69, 9.17) is 0 Å². The zero-order valence-electron chi connectivity index (χ0n) is 13.2. The van der Waals surface area contributed by atoms with Crippen molar-refractivity contribution in [2.24, 2.45) is 7.05 Å². The van der Waals surface area contributed by atoms with Crippen LogP contribution in [0.4, 0.5) is 0 Å². The zero-order chi connectivity index (χ0) is 16.6. The molecule has 2 aromatic heterocycles. The van der Waals surface area contributed by atoms with E-state index in [1.165, 1.54) is 4.68 Å². The van der Waals surface area contributed by atoms with Gasteiger partial charge in [-0.3, -0.25) is 4.79 Å². The molecule has 0 saturated carbocycles. The fourth-order valence-electron chi connectivity index (χ4n) is 2.46. The molecule has 0 amide bonds. The van der Waals surface area contributed by atoms with Crippen LogP contribution in [0, 0.1) is 13.8 Å². The van der Waals surface area contributed by atoms with Crippen LogP contribution in [0.2, 0.25) is 0 Å². The van der Waals surface area contributed by atoms with Crippen LogP contribution < -0.4 is 5.69 Å². The van der Waals surface area contributed by atoms with Gasteiger partial charge in [0.05, 0.1) is 5.69 Å². The average molecular weight is 311 g/mol. The van der Waals surface area contributed by atoms with Crippen LogP contribution in [0.15, 0.2) is 41.2 Å². The normalized spacial score (nSPS) is 10.9. The smallest absolute Gasteiger partial charge is 0.351 e. The van der Waals surface area contributed by atoms with Crippen LogP contribution >= 0.6 is 0 Å². The van der Waals surface area contributed by atoms with Crippen LogP contribution in [-0.4, -0.2) is 30.1 Å². The van der Waals surface area contributed by atoms with Crippen molar-refractivity contribution in [1.82, 2.24) is 24.4 Å². The molecule has 0 atom stereocenters. The minimum absolute atomic E-state index is 0.129. The Morgan fingerprint density at radius 1 is 1.13 bits per heavy atom. The number of para-hydroxylation sites is 1. The largest absolute Gasteiger partial charge is 0.368 e. The summed E-state index contributed by atoms with van der Waals surface area (Å²) in [5.41, 5.74) is 2.64. The van der Waals surface area contributed by atoms with Crippen molar-refractivity contribution in [1.29, 1.82) is 0 Å².